The van der Waals surface area contributed by atoms with Crippen LogP contribution in [0.2, 0.25) is 0 Å². The molecule has 0 spiro atoms. The molecule has 166 valence electrons. The van der Waals surface area contributed by atoms with E-state index < -0.39 is 0 Å². The average Bonchev–Trinajstić information content (AvgIpc) is 3.46. The SMILES string of the molecule is Brc1nc2c(ccc3c4ccccc4n(-c4nc(-c5ccccc5)nc(-c5ccccc5)n4)c32)[nH]1. The quantitative estimate of drug-likeness (QED) is 0.276. The molecule has 6 nitrogen and oxygen atoms in total. The van der Waals surface area contributed by atoms with Crippen molar-refractivity contribution in [2.24, 2.45) is 0 Å². The fourth-order valence-electron chi connectivity index (χ4n) is 4.60. The van der Waals surface area contributed by atoms with Crippen molar-refractivity contribution >= 4 is 48.8 Å². The van der Waals surface area contributed by atoms with Gasteiger partial charge in [-0.15, -0.1) is 0 Å². The molecule has 0 unspecified atom stereocenters. The van der Waals surface area contributed by atoms with E-state index in [1.165, 1.54) is 0 Å². The first-order valence-corrected chi connectivity index (χ1v) is 12.0. The third-order valence-electron chi connectivity index (χ3n) is 6.15. The number of H-pyrrole nitrogens is 1. The van der Waals surface area contributed by atoms with Crippen LogP contribution in [-0.4, -0.2) is 29.5 Å². The van der Waals surface area contributed by atoms with Crippen molar-refractivity contribution in [1.29, 1.82) is 0 Å². The number of hydrogen-bond donors (Lipinski definition) is 1. The Hall–Kier alpha value is -4.36. The average molecular weight is 517 g/mol. The maximum absolute atomic E-state index is 4.98. The van der Waals surface area contributed by atoms with Crippen LogP contribution in [0.3, 0.4) is 0 Å². The van der Waals surface area contributed by atoms with Crippen LogP contribution in [-0.2, 0) is 0 Å². The number of hydrogen-bond acceptors (Lipinski definition) is 4. The first-order chi connectivity index (χ1) is 17.3. The summed E-state index contributed by atoms with van der Waals surface area (Å²) in [6, 6.07) is 32.5. The number of nitrogens with zero attached hydrogens (tertiary/aromatic N) is 5. The normalized spacial score (nSPS) is 11.6. The zero-order chi connectivity index (χ0) is 23.4. The van der Waals surface area contributed by atoms with E-state index >= 15 is 0 Å². The summed E-state index contributed by atoms with van der Waals surface area (Å²) in [5, 5.41) is 2.21. The first kappa shape index (κ1) is 20.1. The topological polar surface area (TPSA) is 72.3 Å². The molecule has 0 bridgehead atoms. The monoisotopic (exact) mass is 516 g/mol. The van der Waals surface area contributed by atoms with Crippen molar-refractivity contribution in [3.8, 4) is 28.7 Å². The predicted molar refractivity (Wildman–Crippen MR) is 142 cm³/mol. The molecule has 35 heavy (non-hydrogen) atoms. The highest BCUT2D eigenvalue weighted by atomic mass is 79.9. The minimum atomic E-state index is 0.551. The lowest BCUT2D eigenvalue weighted by Gasteiger charge is -2.11. The molecule has 0 aliphatic rings. The summed E-state index contributed by atoms with van der Waals surface area (Å²) in [4.78, 5) is 22.8. The number of halogens is 1. The highest BCUT2D eigenvalue weighted by Crippen LogP contribution is 2.36. The van der Waals surface area contributed by atoms with Crippen molar-refractivity contribution in [3.63, 3.8) is 0 Å². The maximum atomic E-state index is 4.98. The van der Waals surface area contributed by atoms with Gasteiger partial charge in [0.05, 0.1) is 16.6 Å². The second-order valence-corrected chi connectivity index (χ2v) is 9.00. The van der Waals surface area contributed by atoms with E-state index in [0.717, 1.165) is 44.0 Å². The number of nitrogens with one attached hydrogen (secondary N) is 1. The molecule has 3 aromatic heterocycles. The number of benzene rings is 4. The molecular formula is C28H17BrN6. The first-order valence-electron chi connectivity index (χ1n) is 11.2. The molecule has 0 fully saturated rings. The van der Waals surface area contributed by atoms with Gasteiger partial charge in [0.1, 0.15) is 5.52 Å². The summed E-state index contributed by atoms with van der Waals surface area (Å²) >= 11 is 3.50. The second kappa shape index (κ2) is 7.85. The van der Waals surface area contributed by atoms with E-state index in [0.29, 0.717) is 22.3 Å². The fourth-order valence-corrected chi connectivity index (χ4v) is 4.99. The largest absolute Gasteiger partial charge is 0.332 e. The lowest BCUT2D eigenvalue weighted by molar-refractivity contribution is 0.954. The number of para-hydroxylation sites is 1. The van der Waals surface area contributed by atoms with E-state index in [1.54, 1.807) is 0 Å². The van der Waals surface area contributed by atoms with Crippen LogP contribution in [0.4, 0.5) is 0 Å². The zero-order valence-electron chi connectivity index (χ0n) is 18.4. The van der Waals surface area contributed by atoms with Crippen molar-refractivity contribution in [2.75, 3.05) is 0 Å². The Balaban J connectivity index is 1.62. The molecule has 7 heteroatoms. The van der Waals surface area contributed by atoms with Crippen molar-refractivity contribution in [1.82, 2.24) is 29.5 Å². The molecule has 4 aromatic carbocycles. The Kier molecular flexibility index (Phi) is 4.50. The number of fused-ring (bicyclic) bond motifs is 5. The standard InChI is InChI=1S/C28H17BrN6/c29-27-30-21-16-15-20-19-13-7-8-14-22(19)35(24(20)23(21)31-27)28-33-25(17-9-3-1-4-10-17)32-26(34-28)18-11-5-2-6-12-18/h1-16H,(H,30,31). The van der Waals surface area contributed by atoms with Crippen LogP contribution < -0.4 is 0 Å². The minimum absolute atomic E-state index is 0.551. The molecule has 7 aromatic rings. The highest BCUT2D eigenvalue weighted by molar-refractivity contribution is 9.10. The van der Waals surface area contributed by atoms with Crippen LogP contribution >= 0.6 is 15.9 Å². The summed E-state index contributed by atoms with van der Waals surface area (Å²) in [5.41, 5.74) is 5.62. The molecular weight excluding hydrogens is 500 g/mol. The molecule has 0 saturated carbocycles. The van der Waals surface area contributed by atoms with Crippen LogP contribution in [0.25, 0.3) is 61.6 Å². The molecule has 0 radical (unpaired) electrons. The van der Waals surface area contributed by atoms with Crippen LogP contribution in [0.5, 0.6) is 0 Å². The van der Waals surface area contributed by atoms with Crippen LogP contribution in [0.1, 0.15) is 0 Å². The number of aromatic amines is 1. The Morgan fingerprint density at radius 2 is 1.23 bits per heavy atom. The van der Waals surface area contributed by atoms with Gasteiger partial charge in [-0.2, -0.15) is 9.97 Å². The lowest BCUT2D eigenvalue weighted by Crippen LogP contribution is -2.06. The molecule has 3 heterocycles. The van der Waals surface area contributed by atoms with Crippen LogP contribution in [0, 0.1) is 0 Å². The predicted octanol–water partition coefficient (Wildman–Crippen LogP) is 6.94. The third kappa shape index (κ3) is 3.24. The van der Waals surface area contributed by atoms with Gasteiger partial charge in [0.25, 0.3) is 0 Å². The Bertz CT molecular complexity index is 1800. The molecule has 0 aliphatic heterocycles. The Morgan fingerprint density at radius 1 is 0.600 bits per heavy atom. The van der Waals surface area contributed by atoms with E-state index in [-0.39, 0.29) is 0 Å². The van der Waals surface area contributed by atoms with Crippen molar-refractivity contribution in [2.45, 2.75) is 0 Å². The van der Waals surface area contributed by atoms with E-state index in [2.05, 4.69) is 55.8 Å². The van der Waals surface area contributed by atoms with Crippen molar-refractivity contribution < 1.29 is 0 Å². The Morgan fingerprint density at radius 3 is 1.91 bits per heavy atom. The van der Waals surface area contributed by atoms with Gasteiger partial charge in [-0.1, -0.05) is 78.9 Å². The number of rotatable bonds is 3. The van der Waals surface area contributed by atoms with Crippen LogP contribution in [0.15, 0.2) is 102 Å². The number of imidazole rings is 1. The summed E-state index contributed by atoms with van der Waals surface area (Å²) in [5.74, 6) is 1.79. The highest BCUT2D eigenvalue weighted by Gasteiger charge is 2.20. The maximum Gasteiger partial charge on any atom is 0.238 e. The second-order valence-electron chi connectivity index (χ2n) is 8.25. The summed E-state index contributed by atoms with van der Waals surface area (Å²) in [7, 11) is 0. The van der Waals surface area contributed by atoms with Gasteiger partial charge in [0.2, 0.25) is 5.95 Å². The molecule has 0 atom stereocenters. The summed E-state index contributed by atoms with van der Waals surface area (Å²) in [6.45, 7) is 0. The van der Waals surface area contributed by atoms with Gasteiger partial charge in [-0.3, -0.25) is 4.57 Å². The number of aromatic nitrogens is 6. The minimum Gasteiger partial charge on any atom is -0.332 e. The molecule has 0 amide bonds. The fraction of sp³-hybridized carbons (Fsp3) is 0. The smallest absolute Gasteiger partial charge is 0.238 e. The molecule has 1 N–H and O–H groups in total. The van der Waals surface area contributed by atoms with Crippen molar-refractivity contribution in [3.05, 3.63) is 102 Å². The zero-order valence-corrected chi connectivity index (χ0v) is 19.9. The summed E-state index contributed by atoms with van der Waals surface area (Å²) in [6.07, 6.45) is 0. The lowest BCUT2D eigenvalue weighted by atomic mass is 10.1. The molecule has 0 aliphatic carbocycles. The van der Waals surface area contributed by atoms with E-state index in [1.807, 2.05) is 66.7 Å². The van der Waals surface area contributed by atoms with E-state index in [9.17, 15) is 0 Å². The van der Waals surface area contributed by atoms with Gasteiger partial charge in [0.15, 0.2) is 16.4 Å². The third-order valence-corrected chi connectivity index (χ3v) is 6.52. The van der Waals surface area contributed by atoms with Gasteiger partial charge in [0, 0.05) is 21.9 Å². The van der Waals surface area contributed by atoms with E-state index in [4.69, 9.17) is 19.9 Å². The van der Waals surface area contributed by atoms with Gasteiger partial charge >= 0.3 is 0 Å². The van der Waals surface area contributed by atoms with Gasteiger partial charge in [-0.05, 0) is 34.1 Å². The van der Waals surface area contributed by atoms with Gasteiger partial charge < -0.3 is 4.98 Å². The molecule has 7 rings (SSSR count). The molecule has 0 saturated heterocycles. The summed E-state index contributed by atoms with van der Waals surface area (Å²) < 4.78 is 2.78. The van der Waals surface area contributed by atoms with Gasteiger partial charge in [-0.25, -0.2) is 9.97 Å². The Labute approximate surface area is 208 Å².